The smallest absolute Gasteiger partial charge is 0.325 e. The highest BCUT2D eigenvalue weighted by Gasteiger charge is 2.20. The molecule has 206 valence electrons. The number of fused-ring (bicyclic) bond motifs is 2. The van der Waals surface area contributed by atoms with Crippen molar-refractivity contribution in [2.24, 2.45) is 5.92 Å². The van der Waals surface area contributed by atoms with Crippen molar-refractivity contribution >= 4 is 24.3 Å². The van der Waals surface area contributed by atoms with Crippen LogP contribution in [-0.4, -0.2) is 40.8 Å². The summed E-state index contributed by atoms with van der Waals surface area (Å²) in [7, 11) is -3.57. The van der Waals surface area contributed by atoms with Gasteiger partial charge in [-0.05, 0) is 61.2 Å². The highest BCUT2D eigenvalue weighted by atomic mass is 31.2. The fraction of sp³-hybridized carbons (Fsp3) is 0.333. The van der Waals surface area contributed by atoms with Gasteiger partial charge >= 0.3 is 7.60 Å². The van der Waals surface area contributed by atoms with Crippen molar-refractivity contribution in [1.29, 1.82) is 0 Å². The maximum atomic E-state index is 13.1. The average Bonchev–Trinajstić information content (AvgIpc) is 2.88. The van der Waals surface area contributed by atoms with Crippen LogP contribution in [0.1, 0.15) is 48.0 Å². The second-order valence-electron chi connectivity index (χ2n) is 10.0. The van der Waals surface area contributed by atoms with Crippen molar-refractivity contribution in [1.82, 2.24) is 0 Å². The molecular formula is C30H33O8P. The van der Waals surface area contributed by atoms with Gasteiger partial charge < -0.3 is 24.0 Å². The number of phenols is 1. The van der Waals surface area contributed by atoms with Gasteiger partial charge in [-0.3, -0.25) is 14.2 Å². The lowest BCUT2D eigenvalue weighted by atomic mass is 9.89. The summed E-state index contributed by atoms with van der Waals surface area (Å²) >= 11 is 0. The molecule has 2 aromatic carbocycles. The SMILES string of the molecule is Cc1ccc(C(=O)CCCCCC(CO)COP(C)(=O)O)cc1-c1c2ccc(=O)cc-2oc2cc(O)ccc12. The number of phenolic OH excluding ortho intramolecular Hbond substituents is 1. The zero-order valence-corrected chi connectivity index (χ0v) is 22.9. The second kappa shape index (κ2) is 12.3. The van der Waals surface area contributed by atoms with E-state index in [2.05, 4.69) is 0 Å². The summed E-state index contributed by atoms with van der Waals surface area (Å²) in [6.07, 6.45) is 3.22. The molecule has 0 spiro atoms. The summed E-state index contributed by atoms with van der Waals surface area (Å²) in [5.41, 5.74) is 4.20. The lowest BCUT2D eigenvalue weighted by Crippen LogP contribution is -2.13. The van der Waals surface area contributed by atoms with Crippen LogP contribution in [0.15, 0.2) is 63.8 Å². The molecule has 0 saturated heterocycles. The van der Waals surface area contributed by atoms with Gasteiger partial charge in [0, 0.05) is 59.8 Å². The van der Waals surface area contributed by atoms with E-state index in [0.717, 1.165) is 47.1 Å². The van der Waals surface area contributed by atoms with Crippen molar-refractivity contribution in [2.45, 2.75) is 39.0 Å². The average molecular weight is 553 g/mol. The molecule has 0 radical (unpaired) electrons. The number of unbranched alkanes of at least 4 members (excludes halogenated alkanes) is 2. The first-order valence-electron chi connectivity index (χ1n) is 12.9. The first kappa shape index (κ1) is 28.7. The molecule has 0 fully saturated rings. The molecule has 3 N–H and O–H groups in total. The molecule has 1 aliphatic carbocycles. The number of aliphatic hydroxyl groups is 1. The van der Waals surface area contributed by atoms with Gasteiger partial charge in [0.2, 0.25) is 0 Å². The molecule has 9 heteroatoms. The van der Waals surface area contributed by atoms with Crippen LogP contribution in [0, 0.1) is 12.8 Å². The minimum Gasteiger partial charge on any atom is -0.508 e. The van der Waals surface area contributed by atoms with E-state index in [9.17, 15) is 29.3 Å². The van der Waals surface area contributed by atoms with Crippen molar-refractivity contribution in [2.75, 3.05) is 19.9 Å². The van der Waals surface area contributed by atoms with E-state index in [4.69, 9.17) is 8.94 Å². The fourth-order valence-electron chi connectivity index (χ4n) is 4.72. The number of rotatable bonds is 12. The minimum absolute atomic E-state index is 0.0132. The number of hydrogen-bond donors (Lipinski definition) is 3. The number of aryl methyl sites for hydroxylation is 1. The van der Waals surface area contributed by atoms with Gasteiger partial charge in [-0.1, -0.05) is 25.0 Å². The Bertz CT molecular complexity index is 1550. The van der Waals surface area contributed by atoms with Crippen LogP contribution in [0.5, 0.6) is 5.75 Å². The molecule has 2 atom stereocenters. The Labute approximate surface area is 226 Å². The topological polar surface area (TPSA) is 134 Å². The van der Waals surface area contributed by atoms with E-state index in [1.165, 1.54) is 18.2 Å². The summed E-state index contributed by atoms with van der Waals surface area (Å²) in [5, 5.41) is 20.2. The molecule has 0 amide bonds. The molecule has 39 heavy (non-hydrogen) atoms. The van der Waals surface area contributed by atoms with Gasteiger partial charge in [-0.15, -0.1) is 0 Å². The Balaban J connectivity index is 1.51. The predicted molar refractivity (Wildman–Crippen MR) is 151 cm³/mol. The number of aromatic hydroxyl groups is 1. The summed E-state index contributed by atoms with van der Waals surface area (Å²) < 4.78 is 22.2. The van der Waals surface area contributed by atoms with Gasteiger partial charge in [0.15, 0.2) is 11.2 Å². The molecule has 1 heterocycles. The Morgan fingerprint density at radius 2 is 1.82 bits per heavy atom. The van der Waals surface area contributed by atoms with Gasteiger partial charge in [0.05, 0.1) is 6.61 Å². The van der Waals surface area contributed by atoms with Crippen LogP contribution in [0.25, 0.3) is 33.4 Å². The van der Waals surface area contributed by atoms with Crippen LogP contribution in [0.4, 0.5) is 0 Å². The van der Waals surface area contributed by atoms with Crippen LogP contribution >= 0.6 is 7.60 Å². The molecule has 1 aliphatic heterocycles. The van der Waals surface area contributed by atoms with Crippen molar-refractivity contribution in [3.63, 3.8) is 0 Å². The Kier molecular flexibility index (Phi) is 9.03. The number of Topliss-reactive ketones (excluding diaryl/α,β-unsaturated/α-hetero) is 1. The van der Waals surface area contributed by atoms with E-state index in [-0.39, 0.29) is 36.1 Å². The number of ketones is 1. The predicted octanol–water partition coefficient (Wildman–Crippen LogP) is 6.15. The molecular weight excluding hydrogens is 519 g/mol. The van der Waals surface area contributed by atoms with E-state index >= 15 is 0 Å². The van der Waals surface area contributed by atoms with Crippen LogP contribution < -0.4 is 5.43 Å². The Morgan fingerprint density at radius 1 is 1.03 bits per heavy atom. The monoisotopic (exact) mass is 552 g/mol. The fourth-order valence-corrected chi connectivity index (χ4v) is 5.21. The molecule has 4 rings (SSSR count). The third kappa shape index (κ3) is 7.22. The first-order chi connectivity index (χ1) is 18.6. The van der Waals surface area contributed by atoms with Crippen LogP contribution in [0.2, 0.25) is 0 Å². The van der Waals surface area contributed by atoms with Crippen molar-refractivity contribution in [3.8, 4) is 28.2 Å². The highest BCUT2D eigenvalue weighted by molar-refractivity contribution is 7.51. The quantitative estimate of drug-likeness (QED) is 0.0824. The number of benzene rings is 3. The normalized spacial score (nSPS) is 13.9. The van der Waals surface area contributed by atoms with Crippen LogP contribution in [0.3, 0.4) is 0 Å². The second-order valence-corrected chi connectivity index (χ2v) is 11.9. The Morgan fingerprint density at radius 3 is 2.56 bits per heavy atom. The number of carbonyl (C=O) groups excluding carboxylic acids is 1. The number of aliphatic hydroxyl groups excluding tert-OH is 1. The Hall–Kier alpha value is -3.29. The number of carbonyl (C=O) groups is 1. The molecule has 8 nitrogen and oxygen atoms in total. The molecule has 0 saturated carbocycles. The summed E-state index contributed by atoms with van der Waals surface area (Å²) in [6.45, 7) is 2.98. The molecule has 0 aromatic heterocycles. The highest BCUT2D eigenvalue weighted by Crippen LogP contribution is 2.42. The molecule has 0 bridgehead atoms. The van der Waals surface area contributed by atoms with Gasteiger partial charge in [-0.25, -0.2) is 0 Å². The maximum absolute atomic E-state index is 13.1. The van der Waals surface area contributed by atoms with Gasteiger partial charge in [0.1, 0.15) is 17.1 Å². The first-order valence-corrected chi connectivity index (χ1v) is 15.0. The van der Waals surface area contributed by atoms with Crippen LogP contribution in [-0.2, 0) is 9.09 Å². The van der Waals surface area contributed by atoms with E-state index in [1.807, 2.05) is 25.1 Å². The lowest BCUT2D eigenvalue weighted by molar-refractivity contribution is 0.0977. The standard InChI is InChI=1S/C30H33O8P/c1-19-8-9-21(27(34)7-5-3-4-6-20(17-31)18-37-39(2,35)36)14-26(19)30-24-12-10-22(32)15-28(24)38-29-16-23(33)11-13-25(29)30/h8-16,20,31-32H,3-7,17-18H2,1-2H3,(H,35,36). The van der Waals surface area contributed by atoms with E-state index in [1.54, 1.807) is 18.2 Å². The summed E-state index contributed by atoms with van der Waals surface area (Å²) in [5.74, 6) is 0.244. The van der Waals surface area contributed by atoms with Gasteiger partial charge in [0.25, 0.3) is 0 Å². The van der Waals surface area contributed by atoms with Gasteiger partial charge in [-0.2, -0.15) is 0 Å². The largest absolute Gasteiger partial charge is 0.508 e. The van der Waals surface area contributed by atoms with Crippen molar-refractivity contribution in [3.05, 3.63) is 75.9 Å². The maximum Gasteiger partial charge on any atom is 0.325 e. The van der Waals surface area contributed by atoms with E-state index < -0.39 is 7.60 Å². The van der Waals surface area contributed by atoms with Crippen molar-refractivity contribution < 1.29 is 33.4 Å². The molecule has 2 aromatic rings. The zero-order valence-electron chi connectivity index (χ0n) is 22.1. The summed E-state index contributed by atoms with van der Waals surface area (Å²) in [6, 6.07) is 15.1. The lowest BCUT2D eigenvalue weighted by Gasteiger charge is -2.17. The summed E-state index contributed by atoms with van der Waals surface area (Å²) in [4.78, 5) is 34.4. The third-order valence-electron chi connectivity index (χ3n) is 6.83. The molecule has 2 unspecified atom stereocenters. The minimum atomic E-state index is -3.57. The number of hydrogen-bond acceptors (Lipinski definition) is 7. The third-order valence-corrected chi connectivity index (χ3v) is 7.46. The van der Waals surface area contributed by atoms with E-state index in [0.29, 0.717) is 36.2 Å². The molecule has 2 aliphatic rings. The zero-order chi connectivity index (χ0) is 28.2.